The molecule has 0 aliphatic carbocycles. The molecule has 0 atom stereocenters. The quantitative estimate of drug-likeness (QED) is 0.615. The van der Waals surface area contributed by atoms with Gasteiger partial charge in [0.2, 0.25) is 5.91 Å². The number of hydrogen-bond donors (Lipinski definition) is 2. The first-order chi connectivity index (χ1) is 13.4. The van der Waals surface area contributed by atoms with Crippen LogP contribution in [0.25, 0.3) is 16.7 Å². The largest absolute Gasteiger partial charge is 0.368 e. The van der Waals surface area contributed by atoms with Crippen LogP contribution in [0.1, 0.15) is 37.9 Å². The molecule has 1 aromatic carbocycles. The highest BCUT2D eigenvalue weighted by Crippen LogP contribution is 2.27. The third-order valence-corrected chi connectivity index (χ3v) is 4.65. The zero-order chi connectivity index (χ0) is 20.3. The van der Waals surface area contributed by atoms with Gasteiger partial charge >= 0.3 is 0 Å². The molecule has 0 fully saturated rings. The maximum Gasteiger partial charge on any atom is 0.222 e. The standard InChI is InChI=1S/C21H28N6O/c1-6-17-24-19(22-11-12-23-21(28)13(2)3)18-15(5)26-27(20(18)25-17)16-10-8-7-9-14(16)4/h7-10,13H,6,11-12H2,1-5H3,(H,23,28)(H,22,24,25). The summed E-state index contributed by atoms with van der Waals surface area (Å²) in [6.45, 7) is 11.0. The number of aryl methyl sites for hydroxylation is 3. The van der Waals surface area contributed by atoms with Gasteiger partial charge in [-0.3, -0.25) is 4.79 Å². The molecule has 2 heterocycles. The Morgan fingerprint density at radius 1 is 1.14 bits per heavy atom. The molecule has 148 valence electrons. The average Bonchev–Trinajstić information content (AvgIpc) is 3.01. The molecule has 0 unspecified atom stereocenters. The van der Waals surface area contributed by atoms with Gasteiger partial charge < -0.3 is 10.6 Å². The van der Waals surface area contributed by atoms with Crippen LogP contribution >= 0.6 is 0 Å². The van der Waals surface area contributed by atoms with Gasteiger partial charge in [0, 0.05) is 25.4 Å². The van der Waals surface area contributed by atoms with Crippen molar-refractivity contribution in [3.8, 4) is 5.69 Å². The minimum Gasteiger partial charge on any atom is -0.368 e. The lowest BCUT2D eigenvalue weighted by molar-refractivity contribution is -0.123. The number of benzene rings is 1. The van der Waals surface area contributed by atoms with Crippen LogP contribution in [0.15, 0.2) is 24.3 Å². The van der Waals surface area contributed by atoms with Crippen molar-refractivity contribution in [1.29, 1.82) is 0 Å². The second-order valence-corrected chi connectivity index (χ2v) is 7.20. The molecule has 7 heteroatoms. The van der Waals surface area contributed by atoms with Gasteiger partial charge in [0.1, 0.15) is 11.6 Å². The summed E-state index contributed by atoms with van der Waals surface area (Å²) in [5.41, 5.74) is 3.81. The lowest BCUT2D eigenvalue weighted by atomic mass is 10.2. The fraction of sp³-hybridized carbons (Fsp3) is 0.429. The fourth-order valence-electron chi connectivity index (χ4n) is 3.05. The number of nitrogens with zero attached hydrogens (tertiary/aromatic N) is 4. The molecule has 7 nitrogen and oxygen atoms in total. The molecule has 2 aromatic heterocycles. The normalized spacial score (nSPS) is 11.2. The first-order valence-electron chi connectivity index (χ1n) is 9.76. The first kappa shape index (κ1) is 19.8. The van der Waals surface area contributed by atoms with Gasteiger partial charge in [-0.1, -0.05) is 39.0 Å². The highest BCUT2D eigenvalue weighted by Gasteiger charge is 2.18. The molecule has 3 aromatic rings. The molecule has 0 radical (unpaired) electrons. The van der Waals surface area contributed by atoms with Crippen LogP contribution in [0.4, 0.5) is 5.82 Å². The van der Waals surface area contributed by atoms with E-state index in [0.717, 1.165) is 46.0 Å². The lowest BCUT2D eigenvalue weighted by Crippen LogP contribution is -2.32. The molecule has 0 bridgehead atoms. The number of hydrogen-bond acceptors (Lipinski definition) is 5. The summed E-state index contributed by atoms with van der Waals surface area (Å²) in [7, 11) is 0. The van der Waals surface area contributed by atoms with Crippen molar-refractivity contribution in [2.45, 2.75) is 41.0 Å². The van der Waals surface area contributed by atoms with E-state index in [2.05, 4.69) is 28.6 Å². The highest BCUT2D eigenvalue weighted by molar-refractivity contribution is 5.90. The van der Waals surface area contributed by atoms with Crippen LogP contribution in [0.3, 0.4) is 0 Å². The van der Waals surface area contributed by atoms with Crippen LogP contribution in [-0.4, -0.2) is 38.7 Å². The van der Waals surface area contributed by atoms with E-state index in [4.69, 9.17) is 10.1 Å². The minimum absolute atomic E-state index is 0.0213. The Balaban J connectivity index is 1.95. The fourth-order valence-corrected chi connectivity index (χ4v) is 3.05. The predicted octanol–water partition coefficient (Wildman–Crippen LogP) is 3.18. The van der Waals surface area contributed by atoms with Crippen LogP contribution in [0.5, 0.6) is 0 Å². The third kappa shape index (κ3) is 3.98. The summed E-state index contributed by atoms with van der Waals surface area (Å²) in [6.07, 6.45) is 0.729. The Bertz CT molecular complexity index is 992. The van der Waals surface area contributed by atoms with Crippen LogP contribution in [0, 0.1) is 19.8 Å². The van der Waals surface area contributed by atoms with Crippen molar-refractivity contribution >= 4 is 22.8 Å². The molecule has 28 heavy (non-hydrogen) atoms. The number of fused-ring (bicyclic) bond motifs is 1. The zero-order valence-electron chi connectivity index (χ0n) is 17.2. The molecular weight excluding hydrogens is 352 g/mol. The number of rotatable bonds is 7. The Labute approximate surface area is 165 Å². The molecule has 0 aliphatic rings. The van der Waals surface area contributed by atoms with Gasteiger partial charge in [-0.15, -0.1) is 0 Å². The van der Waals surface area contributed by atoms with E-state index in [1.165, 1.54) is 0 Å². The number of aromatic nitrogens is 4. The maximum atomic E-state index is 11.7. The van der Waals surface area contributed by atoms with Crippen molar-refractivity contribution in [2.75, 3.05) is 18.4 Å². The third-order valence-electron chi connectivity index (χ3n) is 4.65. The van der Waals surface area contributed by atoms with E-state index in [1.807, 2.05) is 50.6 Å². The summed E-state index contributed by atoms with van der Waals surface area (Å²) >= 11 is 0. The van der Waals surface area contributed by atoms with Crippen molar-refractivity contribution in [1.82, 2.24) is 25.1 Å². The monoisotopic (exact) mass is 380 g/mol. The summed E-state index contributed by atoms with van der Waals surface area (Å²) in [5.74, 6) is 1.55. The van der Waals surface area contributed by atoms with Gasteiger partial charge in [-0.05, 0) is 25.5 Å². The van der Waals surface area contributed by atoms with Gasteiger partial charge in [0.05, 0.1) is 16.8 Å². The topological polar surface area (TPSA) is 84.7 Å². The molecule has 0 spiro atoms. The van der Waals surface area contributed by atoms with E-state index >= 15 is 0 Å². The van der Waals surface area contributed by atoms with Crippen LogP contribution < -0.4 is 10.6 Å². The van der Waals surface area contributed by atoms with Gasteiger partial charge in [0.15, 0.2) is 5.65 Å². The summed E-state index contributed by atoms with van der Waals surface area (Å²) in [5, 5.41) is 11.9. The number of para-hydroxylation sites is 1. The second kappa shape index (κ2) is 8.37. The Hall–Kier alpha value is -2.96. The van der Waals surface area contributed by atoms with E-state index < -0.39 is 0 Å². The maximum absolute atomic E-state index is 11.7. The molecule has 3 rings (SSSR count). The first-order valence-corrected chi connectivity index (χ1v) is 9.76. The van der Waals surface area contributed by atoms with Gasteiger partial charge in [-0.25, -0.2) is 14.6 Å². The van der Waals surface area contributed by atoms with Crippen LogP contribution in [0.2, 0.25) is 0 Å². The number of carbonyl (C=O) groups is 1. The van der Waals surface area contributed by atoms with E-state index in [-0.39, 0.29) is 11.8 Å². The summed E-state index contributed by atoms with van der Waals surface area (Å²) in [4.78, 5) is 21.2. The summed E-state index contributed by atoms with van der Waals surface area (Å²) in [6, 6.07) is 8.13. The Morgan fingerprint density at radius 2 is 1.89 bits per heavy atom. The van der Waals surface area contributed by atoms with E-state index in [0.29, 0.717) is 13.1 Å². The van der Waals surface area contributed by atoms with Gasteiger partial charge in [0.25, 0.3) is 0 Å². The van der Waals surface area contributed by atoms with Crippen molar-refractivity contribution < 1.29 is 4.79 Å². The van der Waals surface area contributed by atoms with Gasteiger partial charge in [-0.2, -0.15) is 5.10 Å². The Kier molecular flexibility index (Phi) is 5.92. The van der Waals surface area contributed by atoms with E-state index in [1.54, 1.807) is 0 Å². The molecule has 0 aliphatic heterocycles. The number of nitrogens with one attached hydrogen (secondary N) is 2. The van der Waals surface area contributed by atoms with Crippen molar-refractivity contribution in [2.24, 2.45) is 5.92 Å². The SMILES string of the molecule is CCc1nc(NCCNC(=O)C(C)C)c2c(C)nn(-c3ccccc3C)c2n1. The Morgan fingerprint density at radius 3 is 2.57 bits per heavy atom. The highest BCUT2D eigenvalue weighted by atomic mass is 16.1. The molecule has 2 N–H and O–H groups in total. The number of amides is 1. The van der Waals surface area contributed by atoms with Crippen molar-refractivity contribution in [3.63, 3.8) is 0 Å². The van der Waals surface area contributed by atoms with E-state index in [9.17, 15) is 4.79 Å². The molecule has 0 saturated heterocycles. The zero-order valence-corrected chi connectivity index (χ0v) is 17.2. The number of anilines is 1. The minimum atomic E-state index is -0.0213. The smallest absolute Gasteiger partial charge is 0.222 e. The average molecular weight is 380 g/mol. The van der Waals surface area contributed by atoms with Crippen molar-refractivity contribution in [3.05, 3.63) is 41.3 Å². The molecule has 1 amide bonds. The molecule has 0 saturated carbocycles. The van der Waals surface area contributed by atoms with Crippen LogP contribution in [-0.2, 0) is 11.2 Å². The lowest BCUT2D eigenvalue weighted by Gasteiger charge is -2.11. The summed E-state index contributed by atoms with van der Waals surface area (Å²) < 4.78 is 1.90. The second-order valence-electron chi connectivity index (χ2n) is 7.20. The number of carbonyl (C=O) groups excluding carboxylic acids is 1. The molecular formula is C21H28N6O. The predicted molar refractivity (Wildman–Crippen MR) is 112 cm³/mol.